The summed E-state index contributed by atoms with van der Waals surface area (Å²) < 4.78 is 39.5. The zero-order chi connectivity index (χ0) is 17.8. The lowest BCUT2D eigenvalue weighted by atomic mass is 9.93. The Hall–Kier alpha value is -2.59. The van der Waals surface area contributed by atoms with E-state index in [0.29, 0.717) is 11.1 Å². The van der Waals surface area contributed by atoms with Gasteiger partial charge in [0.15, 0.2) is 0 Å². The molecule has 25 heavy (non-hydrogen) atoms. The van der Waals surface area contributed by atoms with Crippen molar-refractivity contribution in [3.05, 3.63) is 81.9 Å². The van der Waals surface area contributed by atoms with E-state index in [1.807, 2.05) is 36.4 Å². The average Bonchev–Trinajstić information content (AvgIpc) is 2.95. The number of aryl methyl sites for hydroxylation is 1. The van der Waals surface area contributed by atoms with Crippen molar-refractivity contribution in [2.24, 2.45) is 0 Å². The number of rotatable bonds is 2. The van der Waals surface area contributed by atoms with Crippen LogP contribution in [0.5, 0.6) is 0 Å². The first-order valence-corrected chi connectivity index (χ1v) is 7.95. The van der Waals surface area contributed by atoms with Gasteiger partial charge in [-0.15, -0.1) is 0 Å². The van der Waals surface area contributed by atoms with E-state index in [0.717, 1.165) is 39.1 Å². The molecule has 0 heterocycles. The molecular formula is C21H15F3O. The quantitative estimate of drug-likeness (QED) is 0.506. The van der Waals surface area contributed by atoms with Crippen molar-refractivity contribution in [1.29, 1.82) is 0 Å². The number of aliphatic hydroxyl groups is 1. The highest BCUT2D eigenvalue weighted by atomic mass is 19.4. The van der Waals surface area contributed by atoms with Crippen LogP contribution in [-0.4, -0.2) is 5.11 Å². The van der Waals surface area contributed by atoms with Gasteiger partial charge in [-0.05, 0) is 69.3 Å². The van der Waals surface area contributed by atoms with Crippen molar-refractivity contribution in [2.75, 3.05) is 0 Å². The topological polar surface area (TPSA) is 20.2 Å². The Morgan fingerprint density at radius 2 is 1.80 bits per heavy atom. The van der Waals surface area contributed by atoms with Gasteiger partial charge in [0, 0.05) is 0 Å². The van der Waals surface area contributed by atoms with Crippen molar-refractivity contribution in [3.63, 3.8) is 0 Å². The van der Waals surface area contributed by atoms with E-state index in [-0.39, 0.29) is 6.61 Å². The highest BCUT2D eigenvalue weighted by molar-refractivity contribution is 6.13. The summed E-state index contributed by atoms with van der Waals surface area (Å²) in [7, 11) is 0. The lowest BCUT2D eigenvalue weighted by molar-refractivity contribution is -0.137. The van der Waals surface area contributed by atoms with Gasteiger partial charge in [0.1, 0.15) is 0 Å². The van der Waals surface area contributed by atoms with Crippen molar-refractivity contribution in [3.8, 4) is 0 Å². The Balaban J connectivity index is 1.94. The monoisotopic (exact) mass is 340 g/mol. The molecule has 1 N–H and O–H groups in total. The van der Waals surface area contributed by atoms with Gasteiger partial charge < -0.3 is 5.11 Å². The Labute approximate surface area is 143 Å². The van der Waals surface area contributed by atoms with E-state index >= 15 is 0 Å². The van der Waals surface area contributed by atoms with Crippen LogP contribution in [0.25, 0.3) is 22.4 Å². The van der Waals surface area contributed by atoms with Crippen LogP contribution in [0.3, 0.4) is 0 Å². The zero-order valence-corrected chi connectivity index (χ0v) is 13.5. The highest BCUT2D eigenvalue weighted by Crippen LogP contribution is 2.42. The van der Waals surface area contributed by atoms with Crippen molar-refractivity contribution in [2.45, 2.75) is 19.7 Å². The van der Waals surface area contributed by atoms with Crippen LogP contribution in [0.2, 0.25) is 0 Å². The fourth-order valence-corrected chi connectivity index (χ4v) is 3.55. The minimum atomic E-state index is -4.37. The molecule has 4 heteroatoms. The molecule has 0 amide bonds. The van der Waals surface area contributed by atoms with Crippen LogP contribution in [0.4, 0.5) is 13.2 Å². The highest BCUT2D eigenvalue weighted by Gasteiger charge is 2.31. The van der Waals surface area contributed by atoms with E-state index in [9.17, 15) is 18.3 Å². The molecule has 0 atom stereocenters. The summed E-state index contributed by atoms with van der Waals surface area (Å²) >= 11 is 0. The number of hydrogen-bond donors (Lipinski definition) is 1. The van der Waals surface area contributed by atoms with Crippen LogP contribution >= 0.6 is 0 Å². The lowest BCUT2D eigenvalue weighted by Crippen LogP contribution is -2.06. The summed E-state index contributed by atoms with van der Waals surface area (Å²) in [5.41, 5.74) is 3.96. The fraction of sp³-hybridized carbons (Fsp3) is 0.143. The molecule has 126 valence electrons. The number of benzene rings is 3. The van der Waals surface area contributed by atoms with Gasteiger partial charge >= 0.3 is 6.18 Å². The predicted molar refractivity (Wildman–Crippen MR) is 93.0 cm³/mol. The first kappa shape index (κ1) is 15.9. The molecule has 3 aromatic rings. The second kappa shape index (κ2) is 5.46. The van der Waals surface area contributed by atoms with Gasteiger partial charge in [0.25, 0.3) is 0 Å². The maximum Gasteiger partial charge on any atom is 0.416 e. The first-order chi connectivity index (χ1) is 11.9. The van der Waals surface area contributed by atoms with Crippen LogP contribution in [0.1, 0.15) is 33.4 Å². The molecule has 0 saturated carbocycles. The maximum atomic E-state index is 13.2. The van der Waals surface area contributed by atoms with Crippen LogP contribution in [0.15, 0.2) is 48.5 Å². The molecule has 0 fully saturated rings. The van der Waals surface area contributed by atoms with E-state index in [1.165, 1.54) is 6.07 Å². The molecule has 0 aromatic heterocycles. The second-order valence-electron chi connectivity index (χ2n) is 6.34. The van der Waals surface area contributed by atoms with E-state index in [2.05, 4.69) is 0 Å². The fourth-order valence-electron chi connectivity index (χ4n) is 3.55. The largest absolute Gasteiger partial charge is 0.416 e. The SMILES string of the molecule is Cc1cc(C2=Cc3cccc4c(CO)ccc2c34)cc(C(F)(F)F)c1. The summed E-state index contributed by atoms with van der Waals surface area (Å²) in [4.78, 5) is 0. The average molecular weight is 340 g/mol. The van der Waals surface area contributed by atoms with Gasteiger partial charge in [-0.2, -0.15) is 13.2 Å². The third kappa shape index (κ3) is 2.53. The molecule has 1 aliphatic rings. The molecule has 0 spiro atoms. The summed E-state index contributed by atoms with van der Waals surface area (Å²) in [6, 6.07) is 13.6. The summed E-state index contributed by atoms with van der Waals surface area (Å²) in [5.74, 6) is 0. The third-order valence-electron chi connectivity index (χ3n) is 4.64. The molecule has 4 rings (SSSR count). The standard InChI is InChI=1S/C21H15F3O/c1-12-7-15(9-16(8-12)21(22,23)24)19-10-13-3-2-4-17-14(11-25)5-6-18(19)20(13)17/h2-10,25H,11H2,1H3. The molecule has 0 unspecified atom stereocenters. The van der Waals surface area contributed by atoms with Crippen LogP contribution in [-0.2, 0) is 12.8 Å². The van der Waals surface area contributed by atoms with Gasteiger partial charge in [-0.25, -0.2) is 0 Å². The van der Waals surface area contributed by atoms with Crippen LogP contribution in [0, 0.1) is 6.92 Å². The Bertz CT molecular complexity index is 1030. The summed E-state index contributed by atoms with van der Waals surface area (Å²) in [6.45, 7) is 1.60. The molecule has 1 aliphatic carbocycles. The van der Waals surface area contributed by atoms with Crippen molar-refractivity contribution in [1.82, 2.24) is 0 Å². The minimum Gasteiger partial charge on any atom is -0.392 e. The number of hydrogen-bond acceptors (Lipinski definition) is 1. The van der Waals surface area contributed by atoms with Gasteiger partial charge in [-0.1, -0.05) is 36.4 Å². The third-order valence-corrected chi connectivity index (χ3v) is 4.64. The second-order valence-corrected chi connectivity index (χ2v) is 6.34. The lowest BCUT2D eigenvalue weighted by Gasteiger charge is -2.13. The van der Waals surface area contributed by atoms with Crippen molar-refractivity contribution < 1.29 is 18.3 Å². The maximum absolute atomic E-state index is 13.2. The molecule has 0 saturated heterocycles. The molecule has 0 aliphatic heterocycles. The Morgan fingerprint density at radius 1 is 1.00 bits per heavy atom. The molecular weight excluding hydrogens is 325 g/mol. The van der Waals surface area contributed by atoms with E-state index < -0.39 is 11.7 Å². The predicted octanol–water partition coefficient (Wildman–Crippen LogP) is 5.56. The Morgan fingerprint density at radius 3 is 2.52 bits per heavy atom. The zero-order valence-electron chi connectivity index (χ0n) is 13.5. The number of halogens is 3. The van der Waals surface area contributed by atoms with E-state index in [4.69, 9.17) is 0 Å². The summed E-state index contributed by atoms with van der Waals surface area (Å²) in [6.07, 6.45) is -2.45. The van der Waals surface area contributed by atoms with Crippen LogP contribution < -0.4 is 0 Å². The first-order valence-electron chi connectivity index (χ1n) is 7.95. The Kier molecular flexibility index (Phi) is 3.48. The normalized spacial score (nSPS) is 13.4. The van der Waals surface area contributed by atoms with Gasteiger partial charge in [-0.3, -0.25) is 0 Å². The molecule has 1 nitrogen and oxygen atoms in total. The summed E-state index contributed by atoms with van der Waals surface area (Å²) in [5, 5.41) is 11.5. The number of alkyl halides is 3. The van der Waals surface area contributed by atoms with Crippen molar-refractivity contribution >= 4 is 22.4 Å². The molecule has 0 bridgehead atoms. The van der Waals surface area contributed by atoms with E-state index in [1.54, 1.807) is 13.0 Å². The molecule has 0 radical (unpaired) electrons. The van der Waals surface area contributed by atoms with Gasteiger partial charge in [0.05, 0.1) is 12.2 Å². The molecule has 3 aromatic carbocycles. The number of aliphatic hydroxyl groups excluding tert-OH is 1. The van der Waals surface area contributed by atoms with Gasteiger partial charge in [0.2, 0.25) is 0 Å². The smallest absolute Gasteiger partial charge is 0.392 e. The minimum absolute atomic E-state index is 0.0712.